The maximum atomic E-state index is 13.2. The Bertz CT molecular complexity index is 1230. The molecule has 1 amide bonds. The summed E-state index contributed by atoms with van der Waals surface area (Å²) in [6.07, 6.45) is 4.42. The molecule has 0 saturated heterocycles. The van der Waals surface area contributed by atoms with Gasteiger partial charge in [-0.3, -0.25) is 9.48 Å². The fraction of sp³-hybridized carbons (Fsp3) is 0.273. The lowest BCUT2D eigenvalue weighted by Crippen LogP contribution is -2.33. The van der Waals surface area contributed by atoms with Crippen molar-refractivity contribution < 1.29 is 9.18 Å². The topological polar surface area (TPSA) is 103 Å². The van der Waals surface area contributed by atoms with Gasteiger partial charge in [0.1, 0.15) is 11.5 Å². The summed E-state index contributed by atoms with van der Waals surface area (Å²) in [4.78, 5) is 17.1. The van der Waals surface area contributed by atoms with Crippen LogP contribution in [-0.2, 0) is 0 Å². The summed E-state index contributed by atoms with van der Waals surface area (Å²) in [6, 6.07) is 9.84. The Morgan fingerprint density at radius 2 is 1.94 bits per heavy atom. The summed E-state index contributed by atoms with van der Waals surface area (Å²) < 4.78 is 16.5. The van der Waals surface area contributed by atoms with Gasteiger partial charge in [-0.2, -0.15) is 10.1 Å². The van der Waals surface area contributed by atoms with Gasteiger partial charge in [-0.1, -0.05) is 19.1 Å². The third-order valence-electron chi connectivity index (χ3n) is 5.36. The second kappa shape index (κ2) is 8.17. The van der Waals surface area contributed by atoms with Crippen LogP contribution >= 0.6 is 0 Å². The van der Waals surface area contributed by atoms with Crippen molar-refractivity contribution >= 4 is 17.5 Å². The lowest BCUT2D eigenvalue weighted by atomic mass is 10.1. The molecule has 0 aliphatic heterocycles. The number of aromatic nitrogens is 5. The number of rotatable bonds is 6. The highest BCUT2D eigenvalue weighted by Gasteiger charge is 2.18. The van der Waals surface area contributed by atoms with Crippen LogP contribution < -0.4 is 11.1 Å². The van der Waals surface area contributed by atoms with E-state index in [1.54, 1.807) is 29.1 Å². The standard InChI is InChI=1S/C22H24FN7O/c1-4-13(2)26-21(31)19-9-16(10-20-27-22(24)28-30(19)20)17-11-25-29(12-17)14(3)15-5-7-18(23)8-6-15/h5-14H,4H2,1-3H3,(H2,24,28)(H,26,31)/t13-,14-/m0/s1. The van der Waals surface area contributed by atoms with Crippen LogP contribution in [0.15, 0.2) is 48.8 Å². The quantitative estimate of drug-likeness (QED) is 0.496. The van der Waals surface area contributed by atoms with Crippen molar-refractivity contribution in [2.24, 2.45) is 0 Å². The van der Waals surface area contributed by atoms with Crippen LogP contribution in [0.3, 0.4) is 0 Å². The first-order valence-electron chi connectivity index (χ1n) is 10.1. The van der Waals surface area contributed by atoms with Crippen LogP contribution in [0.25, 0.3) is 16.8 Å². The van der Waals surface area contributed by atoms with Crippen LogP contribution in [0.5, 0.6) is 0 Å². The Morgan fingerprint density at radius 1 is 1.19 bits per heavy atom. The van der Waals surface area contributed by atoms with E-state index in [0.717, 1.165) is 23.1 Å². The van der Waals surface area contributed by atoms with Crippen molar-refractivity contribution in [2.75, 3.05) is 5.73 Å². The molecule has 0 fully saturated rings. The average Bonchev–Trinajstić information content (AvgIpc) is 3.38. The van der Waals surface area contributed by atoms with E-state index >= 15 is 0 Å². The molecule has 3 N–H and O–H groups in total. The van der Waals surface area contributed by atoms with Crippen molar-refractivity contribution in [3.8, 4) is 11.1 Å². The zero-order valence-electron chi connectivity index (χ0n) is 17.6. The Labute approximate surface area is 178 Å². The number of pyridine rings is 1. The van der Waals surface area contributed by atoms with E-state index in [4.69, 9.17) is 5.73 Å². The summed E-state index contributed by atoms with van der Waals surface area (Å²) in [5.74, 6) is -0.435. The zero-order chi connectivity index (χ0) is 22.1. The lowest BCUT2D eigenvalue weighted by molar-refractivity contribution is 0.0932. The minimum absolute atomic E-state index is 0.0198. The monoisotopic (exact) mass is 421 g/mol. The molecule has 31 heavy (non-hydrogen) atoms. The van der Waals surface area contributed by atoms with E-state index in [0.29, 0.717) is 11.3 Å². The van der Waals surface area contributed by atoms with Crippen LogP contribution in [0.2, 0.25) is 0 Å². The predicted molar refractivity (Wildman–Crippen MR) is 116 cm³/mol. The second-order valence-corrected chi connectivity index (χ2v) is 7.59. The van der Waals surface area contributed by atoms with Gasteiger partial charge in [0.05, 0.1) is 12.2 Å². The number of carbonyl (C=O) groups is 1. The molecule has 0 bridgehead atoms. The number of hydrogen-bond donors (Lipinski definition) is 2. The molecule has 3 heterocycles. The summed E-state index contributed by atoms with van der Waals surface area (Å²) in [7, 11) is 0. The second-order valence-electron chi connectivity index (χ2n) is 7.59. The Kier molecular flexibility index (Phi) is 5.41. The minimum Gasteiger partial charge on any atom is -0.366 e. The highest BCUT2D eigenvalue weighted by molar-refractivity contribution is 5.95. The average molecular weight is 421 g/mol. The highest BCUT2D eigenvalue weighted by atomic mass is 19.1. The molecule has 4 rings (SSSR count). The molecule has 0 unspecified atom stereocenters. The number of nitrogen functional groups attached to an aromatic ring is 1. The van der Waals surface area contributed by atoms with E-state index in [9.17, 15) is 9.18 Å². The van der Waals surface area contributed by atoms with Gasteiger partial charge in [-0.15, -0.1) is 5.10 Å². The van der Waals surface area contributed by atoms with E-state index < -0.39 is 0 Å². The molecular formula is C22H24FN7O. The number of nitrogens with one attached hydrogen (secondary N) is 1. The molecule has 9 heteroatoms. The molecule has 8 nitrogen and oxygen atoms in total. The van der Waals surface area contributed by atoms with E-state index in [2.05, 4.69) is 20.5 Å². The normalized spacial score (nSPS) is 13.3. The van der Waals surface area contributed by atoms with Crippen LogP contribution in [-0.4, -0.2) is 36.3 Å². The Hall–Kier alpha value is -3.75. The number of amides is 1. The zero-order valence-corrected chi connectivity index (χ0v) is 17.6. The molecule has 160 valence electrons. The Balaban J connectivity index is 1.71. The third kappa shape index (κ3) is 4.11. The van der Waals surface area contributed by atoms with Gasteiger partial charge in [0.2, 0.25) is 5.95 Å². The molecule has 0 aliphatic carbocycles. The van der Waals surface area contributed by atoms with E-state index in [1.807, 2.05) is 33.0 Å². The number of nitrogens with two attached hydrogens (primary N) is 1. The van der Waals surface area contributed by atoms with Crippen molar-refractivity contribution in [3.63, 3.8) is 0 Å². The predicted octanol–water partition coefficient (Wildman–Crippen LogP) is 3.45. The largest absolute Gasteiger partial charge is 0.366 e. The fourth-order valence-corrected chi connectivity index (χ4v) is 3.32. The third-order valence-corrected chi connectivity index (χ3v) is 5.36. The highest BCUT2D eigenvalue weighted by Crippen LogP contribution is 2.25. The molecule has 0 radical (unpaired) electrons. The van der Waals surface area contributed by atoms with Gasteiger partial charge in [0.15, 0.2) is 5.65 Å². The Morgan fingerprint density at radius 3 is 2.65 bits per heavy atom. The summed E-state index contributed by atoms with van der Waals surface area (Å²) in [5.41, 5.74) is 9.12. The molecule has 2 atom stereocenters. The van der Waals surface area contributed by atoms with Gasteiger partial charge in [0.25, 0.3) is 5.91 Å². The van der Waals surface area contributed by atoms with Gasteiger partial charge in [0, 0.05) is 17.8 Å². The summed E-state index contributed by atoms with van der Waals surface area (Å²) in [5, 5.41) is 11.6. The van der Waals surface area contributed by atoms with E-state index in [-0.39, 0.29) is 29.8 Å². The molecular weight excluding hydrogens is 397 g/mol. The van der Waals surface area contributed by atoms with Crippen LogP contribution in [0, 0.1) is 5.82 Å². The van der Waals surface area contributed by atoms with Gasteiger partial charge in [-0.05, 0) is 55.7 Å². The SMILES string of the molecule is CC[C@H](C)NC(=O)c1cc(-c2cnn([C@@H](C)c3ccc(F)cc3)c2)cc2nc(N)nn12. The van der Waals surface area contributed by atoms with Crippen molar-refractivity contribution in [2.45, 2.75) is 39.3 Å². The van der Waals surface area contributed by atoms with Gasteiger partial charge in [-0.25, -0.2) is 8.91 Å². The van der Waals surface area contributed by atoms with E-state index in [1.165, 1.54) is 16.6 Å². The number of benzene rings is 1. The smallest absolute Gasteiger partial charge is 0.270 e. The first-order valence-corrected chi connectivity index (χ1v) is 10.1. The maximum Gasteiger partial charge on any atom is 0.270 e. The minimum atomic E-state index is -0.277. The fourth-order valence-electron chi connectivity index (χ4n) is 3.32. The van der Waals surface area contributed by atoms with Gasteiger partial charge >= 0.3 is 0 Å². The first kappa shape index (κ1) is 20.5. The van der Waals surface area contributed by atoms with Crippen molar-refractivity contribution in [1.29, 1.82) is 0 Å². The lowest BCUT2D eigenvalue weighted by Gasteiger charge is -2.13. The molecule has 3 aromatic heterocycles. The number of halogens is 1. The number of hydrogen-bond acceptors (Lipinski definition) is 5. The maximum absolute atomic E-state index is 13.2. The molecule has 4 aromatic rings. The number of anilines is 1. The molecule has 0 saturated carbocycles. The first-order chi connectivity index (χ1) is 14.9. The molecule has 0 spiro atoms. The van der Waals surface area contributed by atoms with Crippen LogP contribution in [0.4, 0.5) is 10.3 Å². The summed E-state index contributed by atoms with van der Waals surface area (Å²) in [6.45, 7) is 5.92. The van der Waals surface area contributed by atoms with Crippen molar-refractivity contribution in [3.05, 3.63) is 65.9 Å². The number of nitrogens with zero attached hydrogens (tertiary/aromatic N) is 5. The van der Waals surface area contributed by atoms with Gasteiger partial charge < -0.3 is 11.1 Å². The van der Waals surface area contributed by atoms with Crippen molar-refractivity contribution in [1.82, 2.24) is 29.7 Å². The molecule has 0 aliphatic rings. The number of carbonyl (C=O) groups excluding carboxylic acids is 1. The summed E-state index contributed by atoms with van der Waals surface area (Å²) >= 11 is 0. The number of fused-ring (bicyclic) bond motifs is 1. The van der Waals surface area contributed by atoms with Crippen LogP contribution in [0.1, 0.15) is 49.3 Å². The molecule has 1 aromatic carbocycles.